The van der Waals surface area contributed by atoms with Gasteiger partial charge in [-0.05, 0) is 61.4 Å². The second kappa shape index (κ2) is 11.3. The molecule has 4 aromatic rings. The molecule has 5 nitrogen and oxygen atoms in total. The lowest BCUT2D eigenvalue weighted by Crippen LogP contribution is -2.09. The van der Waals surface area contributed by atoms with Crippen molar-refractivity contribution >= 4 is 29.2 Å². The van der Waals surface area contributed by atoms with E-state index in [0.29, 0.717) is 38.2 Å². The monoisotopic (exact) mass is 585 g/mol. The quantitative estimate of drug-likeness (QED) is 0.168. The second-order valence-corrected chi connectivity index (χ2v) is 9.88. The maximum Gasteiger partial charge on any atom is 0.417 e. The molecule has 0 aliphatic heterocycles. The smallest absolute Gasteiger partial charge is 0.417 e. The molecule has 0 unspecified atom stereocenters. The van der Waals surface area contributed by atoms with Gasteiger partial charge in [0.2, 0.25) is 0 Å². The number of hydrogen-bond acceptors (Lipinski definition) is 5. The molecule has 1 heterocycles. The van der Waals surface area contributed by atoms with Crippen LogP contribution in [0.3, 0.4) is 0 Å². The normalized spacial score (nSPS) is 12.9. The van der Waals surface area contributed by atoms with Crippen LogP contribution in [0.5, 0.6) is 5.75 Å². The van der Waals surface area contributed by atoms with Crippen molar-refractivity contribution in [2.24, 2.45) is 0 Å². The molecule has 0 atom stereocenters. The summed E-state index contributed by atoms with van der Waals surface area (Å²) < 4.78 is 58.1. The Labute approximate surface area is 237 Å². The summed E-state index contributed by atoms with van der Waals surface area (Å²) in [7, 11) is 1.24. The minimum Gasteiger partial charge on any atom is -0.489 e. The van der Waals surface area contributed by atoms with Crippen LogP contribution in [0.1, 0.15) is 57.1 Å². The summed E-state index contributed by atoms with van der Waals surface area (Å²) in [5.41, 5.74) is 0.857. The molecule has 5 rings (SSSR count). The van der Waals surface area contributed by atoms with Crippen LogP contribution in [0.15, 0.2) is 65.2 Å². The lowest BCUT2D eigenvalue weighted by atomic mass is 10.0. The molecule has 1 aromatic heterocycles. The highest BCUT2D eigenvalue weighted by Crippen LogP contribution is 2.46. The maximum atomic E-state index is 14.0. The molecule has 1 fully saturated rings. The van der Waals surface area contributed by atoms with Crippen molar-refractivity contribution in [1.29, 1.82) is 0 Å². The van der Waals surface area contributed by atoms with Crippen LogP contribution < -0.4 is 4.74 Å². The van der Waals surface area contributed by atoms with E-state index in [1.54, 1.807) is 30.3 Å². The lowest BCUT2D eigenvalue weighted by molar-refractivity contribution is -0.137. The number of benzene rings is 3. The fourth-order valence-corrected chi connectivity index (χ4v) is 4.72. The van der Waals surface area contributed by atoms with E-state index >= 15 is 0 Å². The molecule has 3 aromatic carbocycles. The average molecular weight is 586 g/mol. The van der Waals surface area contributed by atoms with E-state index in [-0.39, 0.29) is 29.4 Å². The van der Waals surface area contributed by atoms with Gasteiger partial charge in [0, 0.05) is 22.6 Å². The zero-order valence-corrected chi connectivity index (χ0v) is 22.5. The number of nitrogens with zero attached hydrogens (tertiary/aromatic N) is 1. The van der Waals surface area contributed by atoms with Crippen LogP contribution in [0.4, 0.5) is 13.2 Å². The van der Waals surface area contributed by atoms with E-state index in [1.807, 2.05) is 0 Å². The molecule has 0 radical (unpaired) electrons. The summed E-state index contributed by atoms with van der Waals surface area (Å²) in [6.45, 7) is -0.102. The number of halogens is 5. The molecular formula is C30H20Cl2F3NO4. The van der Waals surface area contributed by atoms with Crippen molar-refractivity contribution in [2.75, 3.05) is 7.11 Å². The Balaban J connectivity index is 1.44. The number of esters is 1. The van der Waals surface area contributed by atoms with Gasteiger partial charge in [-0.15, -0.1) is 0 Å². The molecular weight excluding hydrogens is 566 g/mol. The summed E-state index contributed by atoms with van der Waals surface area (Å²) in [5, 5.41) is 4.91. The van der Waals surface area contributed by atoms with Gasteiger partial charge >= 0.3 is 12.1 Å². The topological polar surface area (TPSA) is 61.6 Å². The summed E-state index contributed by atoms with van der Waals surface area (Å²) >= 11 is 12.8. The molecule has 0 N–H and O–H groups in total. The first-order valence-electron chi connectivity index (χ1n) is 12.1. The van der Waals surface area contributed by atoms with E-state index in [4.69, 9.17) is 32.5 Å². The average Bonchev–Trinajstić information content (AvgIpc) is 3.70. The molecule has 1 saturated carbocycles. The number of aromatic nitrogens is 1. The zero-order valence-electron chi connectivity index (χ0n) is 20.9. The standard InChI is InChI=1S/C30H20Cl2F3NO4/c1-38-29(37)20-5-2-4-17(14-20)8-9-18-12-13-21(15-23(18)30(33,34)35)39-16-22-27(36-40-28(22)19-10-11-19)26-24(31)6-3-7-25(26)32/h2-7,12-15,19H,10-11,16H2,1H3. The van der Waals surface area contributed by atoms with E-state index in [1.165, 1.54) is 31.4 Å². The van der Waals surface area contributed by atoms with Gasteiger partial charge in [0.1, 0.15) is 23.8 Å². The van der Waals surface area contributed by atoms with Gasteiger partial charge in [0.05, 0.1) is 33.8 Å². The molecule has 1 aliphatic rings. The van der Waals surface area contributed by atoms with Crippen LogP contribution in [-0.2, 0) is 17.5 Å². The van der Waals surface area contributed by atoms with Crippen molar-refractivity contribution in [3.63, 3.8) is 0 Å². The van der Waals surface area contributed by atoms with Crippen LogP contribution in [0.25, 0.3) is 11.3 Å². The Morgan fingerprint density at radius 1 is 1.05 bits per heavy atom. The van der Waals surface area contributed by atoms with Crippen LogP contribution in [0, 0.1) is 11.8 Å². The van der Waals surface area contributed by atoms with Crippen molar-refractivity contribution in [2.45, 2.75) is 31.5 Å². The number of hydrogen-bond donors (Lipinski definition) is 0. The number of alkyl halides is 3. The minimum absolute atomic E-state index is 0.00952. The maximum absolute atomic E-state index is 14.0. The zero-order chi connectivity index (χ0) is 28.4. The highest BCUT2D eigenvalue weighted by Gasteiger charge is 2.35. The number of ether oxygens (including phenoxy) is 2. The molecule has 0 amide bonds. The summed E-state index contributed by atoms with van der Waals surface area (Å²) in [4.78, 5) is 11.8. The van der Waals surface area contributed by atoms with E-state index < -0.39 is 17.7 Å². The third-order valence-corrected chi connectivity index (χ3v) is 6.90. The number of methoxy groups -OCH3 is 1. The van der Waals surface area contributed by atoms with Crippen molar-refractivity contribution in [3.8, 4) is 28.8 Å². The third-order valence-electron chi connectivity index (χ3n) is 6.27. The molecule has 0 saturated heterocycles. The first kappa shape index (κ1) is 27.6. The molecule has 204 valence electrons. The summed E-state index contributed by atoms with van der Waals surface area (Å²) in [5.74, 6) is 5.43. The van der Waals surface area contributed by atoms with Gasteiger partial charge in [0.25, 0.3) is 0 Å². The summed E-state index contributed by atoms with van der Waals surface area (Å²) in [6.07, 6.45) is -2.87. The Morgan fingerprint density at radius 2 is 1.77 bits per heavy atom. The van der Waals surface area contributed by atoms with E-state index in [2.05, 4.69) is 21.7 Å². The minimum atomic E-state index is -4.69. The molecule has 1 aliphatic carbocycles. The second-order valence-electron chi connectivity index (χ2n) is 9.06. The highest BCUT2D eigenvalue weighted by molar-refractivity contribution is 6.39. The van der Waals surface area contributed by atoms with Crippen LogP contribution in [0.2, 0.25) is 10.0 Å². The van der Waals surface area contributed by atoms with Gasteiger partial charge in [-0.1, -0.05) is 52.3 Å². The van der Waals surface area contributed by atoms with Gasteiger partial charge in [-0.25, -0.2) is 4.79 Å². The van der Waals surface area contributed by atoms with Crippen LogP contribution in [-0.4, -0.2) is 18.2 Å². The fourth-order valence-electron chi connectivity index (χ4n) is 4.14. The number of rotatable bonds is 6. The van der Waals surface area contributed by atoms with Gasteiger partial charge in [0.15, 0.2) is 0 Å². The number of carbonyl (C=O) groups is 1. The summed E-state index contributed by atoms with van der Waals surface area (Å²) in [6, 6.07) is 14.7. The molecule has 10 heteroatoms. The predicted octanol–water partition coefficient (Wildman–Crippen LogP) is 8.31. The molecule has 40 heavy (non-hydrogen) atoms. The van der Waals surface area contributed by atoms with Crippen molar-refractivity contribution in [1.82, 2.24) is 5.16 Å². The Morgan fingerprint density at radius 3 is 2.45 bits per heavy atom. The van der Waals surface area contributed by atoms with Gasteiger partial charge in [-0.2, -0.15) is 13.2 Å². The molecule has 0 bridgehead atoms. The third kappa shape index (κ3) is 5.96. The van der Waals surface area contributed by atoms with Crippen molar-refractivity contribution < 1.29 is 32.0 Å². The van der Waals surface area contributed by atoms with Crippen molar-refractivity contribution in [3.05, 3.63) is 104 Å². The molecule has 0 spiro atoms. The SMILES string of the molecule is COC(=O)c1cccc(C#Cc2ccc(OCc3c(-c4c(Cl)cccc4Cl)noc3C3CC3)cc2C(F)(F)F)c1. The first-order valence-corrected chi connectivity index (χ1v) is 12.9. The van der Waals surface area contributed by atoms with Gasteiger partial charge in [-0.3, -0.25) is 0 Å². The largest absolute Gasteiger partial charge is 0.489 e. The first-order chi connectivity index (χ1) is 19.2. The fraction of sp³-hybridized carbons (Fsp3) is 0.200. The highest BCUT2D eigenvalue weighted by atomic mass is 35.5. The Kier molecular flexibility index (Phi) is 7.79. The number of carbonyl (C=O) groups excluding carboxylic acids is 1. The van der Waals surface area contributed by atoms with Gasteiger partial charge < -0.3 is 14.0 Å². The lowest BCUT2D eigenvalue weighted by Gasteiger charge is -2.13. The van der Waals surface area contributed by atoms with Crippen LogP contribution >= 0.6 is 23.2 Å². The Bertz CT molecular complexity index is 1630. The van der Waals surface area contributed by atoms with E-state index in [9.17, 15) is 18.0 Å². The van der Waals surface area contributed by atoms with E-state index in [0.717, 1.165) is 18.9 Å². The predicted molar refractivity (Wildman–Crippen MR) is 143 cm³/mol. The Hall–Kier alpha value is -3.93.